The molecule has 0 saturated heterocycles. The summed E-state index contributed by atoms with van der Waals surface area (Å²) in [6.07, 6.45) is 1.83. The third-order valence-corrected chi connectivity index (χ3v) is 4.65. The van der Waals surface area contributed by atoms with E-state index >= 15 is 0 Å². The van der Waals surface area contributed by atoms with E-state index in [4.69, 9.17) is 9.15 Å². The number of hydrogen-bond donors (Lipinski definition) is 0. The Kier molecular flexibility index (Phi) is 5.25. The molecule has 0 bridgehead atoms. The largest absolute Gasteiger partial charge is 0.489 e. The Labute approximate surface area is 169 Å². The van der Waals surface area contributed by atoms with Crippen molar-refractivity contribution in [2.45, 2.75) is 20.5 Å². The Hall–Kier alpha value is -3.66. The van der Waals surface area contributed by atoms with Crippen LogP contribution in [-0.4, -0.2) is 6.21 Å². The van der Waals surface area contributed by atoms with E-state index in [1.165, 1.54) is 11.6 Å². The van der Waals surface area contributed by atoms with Crippen LogP contribution in [0.15, 0.2) is 87.0 Å². The minimum atomic E-state index is -0.373. The predicted octanol–water partition coefficient (Wildman–Crippen LogP) is 5.74. The number of rotatable bonds is 5. The van der Waals surface area contributed by atoms with Crippen LogP contribution < -0.4 is 10.4 Å². The number of fused-ring (bicyclic) bond motifs is 1. The molecule has 29 heavy (non-hydrogen) atoms. The van der Waals surface area contributed by atoms with Gasteiger partial charge in [0.25, 0.3) is 0 Å². The first-order valence-electron chi connectivity index (χ1n) is 9.44. The van der Waals surface area contributed by atoms with Crippen LogP contribution >= 0.6 is 0 Å². The molecule has 0 spiro atoms. The summed E-state index contributed by atoms with van der Waals surface area (Å²) in [5.74, 6) is 0.728. The number of aryl methyl sites for hydroxylation is 2. The summed E-state index contributed by atoms with van der Waals surface area (Å²) in [5.41, 5.74) is 5.23. The molecule has 0 aliphatic rings. The van der Waals surface area contributed by atoms with Crippen molar-refractivity contribution in [1.82, 2.24) is 0 Å². The topological polar surface area (TPSA) is 51.8 Å². The number of aliphatic imine (C=N–C) groups is 1. The predicted molar refractivity (Wildman–Crippen MR) is 116 cm³/mol. The molecule has 0 atom stereocenters. The lowest BCUT2D eigenvalue weighted by Gasteiger charge is -2.09. The number of nitrogens with zero attached hydrogens (tertiary/aromatic N) is 1. The van der Waals surface area contributed by atoms with Gasteiger partial charge in [-0.25, -0.2) is 4.79 Å². The van der Waals surface area contributed by atoms with E-state index < -0.39 is 0 Å². The fourth-order valence-electron chi connectivity index (χ4n) is 3.05. The van der Waals surface area contributed by atoms with Gasteiger partial charge in [0.1, 0.15) is 17.9 Å². The molecule has 0 N–H and O–H groups in total. The Balaban J connectivity index is 1.47. The van der Waals surface area contributed by atoms with Crippen LogP contribution in [0, 0.1) is 13.8 Å². The van der Waals surface area contributed by atoms with Gasteiger partial charge in [-0.15, -0.1) is 0 Å². The zero-order valence-electron chi connectivity index (χ0n) is 16.4. The van der Waals surface area contributed by atoms with Crippen LogP contribution in [0.1, 0.15) is 22.3 Å². The van der Waals surface area contributed by atoms with Gasteiger partial charge < -0.3 is 9.15 Å². The SMILES string of the molecule is Cc1ccc(N=Cc2ccc(OCc3cc(=O)oc4ccc(C)cc34)cc2)cc1. The van der Waals surface area contributed by atoms with E-state index in [9.17, 15) is 4.79 Å². The summed E-state index contributed by atoms with van der Waals surface area (Å²) in [5, 5.41) is 0.895. The van der Waals surface area contributed by atoms with Crippen molar-refractivity contribution in [2.75, 3.05) is 0 Å². The maximum Gasteiger partial charge on any atom is 0.336 e. The lowest BCUT2D eigenvalue weighted by Crippen LogP contribution is -2.04. The Bertz CT molecular complexity index is 1220. The van der Waals surface area contributed by atoms with Gasteiger partial charge in [0.2, 0.25) is 0 Å². The van der Waals surface area contributed by atoms with Gasteiger partial charge in [0.15, 0.2) is 0 Å². The number of benzene rings is 3. The Morgan fingerprint density at radius 2 is 1.62 bits per heavy atom. The lowest BCUT2D eigenvalue weighted by molar-refractivity contribution is 0.306. The standard InChI is InChI=1S/C25H21NO3/c1-17-3-8-21(9-4-17)26-15-19-6-10-22(11-7-19)28-16-20-14-25(27)29-24-12-5-18(2)13-23(20)24/h3-15H,16H2,1-2H3. The van der Waals surface area contributed by atoms with E-state index in [1.54, 1.807) is 0 Å². The second-order valence-electron chi connectivity index (χ2n) is 7.04. The molecule has 4 nitrogen and oxygen atoms in total. The molecular formula is C25H21NO3. The van der Waals surface area contributed by atoms with Crippen LogP contribution in [0.25, 0.3) is 11.0 Å². The minimum absolute atomic E-state index is 0.294. The molecule has 4 rings (SSSR count). The van der Waals surface area contributed by atoms with Crippen molar-refractivity contribution < 1.29 is 9.15 Å². The molecule has 4 heteroatoms. The normalized spacial score (nSPS) is 11.2. The van der Waals surface area contributed by atoms with Crippen LogP contribution in [0.4, 0.5) is 5.69 Å². The van der Waals surface area contributed by atoms with E-state index in [-0.39, 0.29) is 5.63 Å². The average molecular weight is 383 g/mol. The van der Waals surface area contributed by atoms with Crippen LogP contribution in [0.3, 0.4) is 0 Å². The quantitative estimate of drug-likeness (QED) is 0.326. The van der Waals surface area contributed by atoms with E-state index in [2.05, 4.69) is 11.9 Å². The van der Waals surface area contributed by atoms with Gasteiger partial charge >= 0.3 is 5.63 Å². The smallest absolute Gasteiger partial charge is 0.336 e. The summed E-state index contributed by atoms with van der Waals surface area (Å²) < 4.78 is 11.2. The van der Waals surface area contributed by atoms with E-state index in [0.29, 0.717) is 12.2 Å². The summed E-state index contributed by atoms with van der Waals surface area (Å²) in [6, 6.07) is 23.0. The second kappa shape index (κ2) is 8.15. The Morgan fingerprint density at radius 1 is 0.897 bits per heavy atom. The average Bonchev–Trinajstić information content (AvgIpc) is 2.73. The highest BCUT2D eigenvalue weighted by molar-refractivity contribution is 5.82. The van der Waals surface area contributed by atoms with Gasteiger partial charge in [-0.05, 0) is 67.9 Å². The van der Waals surface area contributed by atoms with Crippen LogP contribution in [-0.2, 0) is 6.61 Å². The summed E-state index contributed by atoms with van der Waals surface area (Å²) in [7, 11) is 0. The van der Waals surface area contributed by atoms with Crippen molar-refractivity contribution in [1.29, 1.82) is 0 Å². The summed E-state index contributed by atoms with van der Waals surface area (Å²) in [6.45, 7) is 4.35. The number of ether oxygens (including phenoxy) is 1. The molecule has 0 amide bonds. The third kappa shape index (κ3) is 4.61. The fourth-order valence-corrected chi connectivity index (χ4v) is 3.05. The molecule has 4 aromatic rings. The lowest BCUT2D eigenvalue weighted by atomic mass is 10.1. The molecular weight excluding hydrogens is 362 g/mol. The molecule has 0 unspecified atom stereocenters. The molecule has 0 radical (unpaired) electrons. The van der Waals surface area contributed by atoms with E-state index in [1.807, 2.05) is 79.9 Å². The molecule has 0 fully saturated rings. The highest BCUT2D eigenvalue weighted by atomic mass is 16.5. The molecule has 1 heterocycles. The van der Waals surface area contributed by atoms with Gasteiger partial charge in [-0.2, -0.15) is 0 Å². The zero-order chi connectivity index (χ0) is 20.2. The van der Waals surface area contributed by atoms with Crippen molar-refractivity contribution in [2.24, 2.45) is 4.99 Å². The maximum absolute atomic E-state index is 11.8. The number of hydrogen-bond acceptors (Lipinski definition) is 4. The van der Waals surface area contributed by atoms with Gasteiger partial charge in [0, 0.05) is 23.2 Å². The van der Waals surface area contributed by atoms with Crippen LogP contribution in [0.2, 0.25) is 0 Å². The molecule has 1 aromatic heterocycles. The summed E-state index contributed by atoms with van der Waals surface area (Å²) >= 11 is 0. The third-order valence-electron chi connectivity index (χ3n) is 4.65. The van der Waals surface area contributed by atoms with Gasteiger partial charge in [0.05, 0.1) is 5.69 Å². The zero-order valence-corrected chi connectivity index (χ0v) is 16.4. The van der Waals surface area contributed by atoms with Crippen molar-refractivity contribution in [3.05, 3.63) is 105 Å². The second-order valence-corrected chi connectivity index (χ2v) is 7.04. The highest BCUT2D eigenvalue weighted by Crippen LogP contribution is 2.21. The maximum atomic E-state index is 11.8. The van der Waals surface area contributed by atoms with Crippen molar-refractivity contribution in [3.63, 3.8) is 0 Å². The molecule has 144 valence electrons. The van der Waals surface area contributed by atoms with Crippen LogP contribution in [0.5, 0.6) is 5.75 Å². The van der Waals surface area contributed by atoms with E-state index in [0.717, 1.165) is 33.5 Å². The molecule has 0 aliphatic carbocycles. The first-order chi connectivity index (χ1) is 14.1. The monoisotopic (exact) mass is 383 g/mol. The Morgan fingerprint density at radius 3 is 2.38 bits per heavy atom. The van der Waals surface area contributed by atoms with Crippen molar-refractivity contribution >= 4 is 22.9 Å². The fraction of sp³-hybridized carbons (Fsp3) is 0.120. The molecule has 3 aromatic carbocycles. The minimum Gasteiger partial charge on any atom is -0.489 e. The van der Waals surface area contributed by atoms with Gasteiger partial charge in [-0.3, -0.25) is 4.99 Å². The first-order valence-corrected chi connectivity index (χ1v) is 9.44. The first kappa shape index (κ1) is 18.7. The van der Waals surface area contributed by atoms with Crippen molar-refractivity contribution in [3.8, 4) is 5.75 Å². The van der Waals surface area contributed by atoms with Gasteiger partial charge in [-0.1, -0.05) is 29.3 Å². The molecule has 0 aliphatic heterocycles. The highest BCUT2D eigenvalue weighted by Gasteiger charge is 2.07. The summed E-state index contributed by atoms with van der Waals surface area (Å²) in [4.78, 5) is 16.3. The molecule has 0 saturated carbocycles.